The standard InChI is InChI=1S/C14H14FN/c1-9-4-3-5-14(10(9)2)11-6-12(15)8-13(16)7-11/h3-8H,16H2,1-2H3. The predicted octanol–water partition coefficient (Wildman–Crippen LogP) is 3.69. The molecular formula is C14H14FN. The van der Waals surface area contributed by atoms with Crippen molar-refractivity contribution in [2.75, 3.05) is 5.73 Å². The van der Waals surface area contributed by atoms with E-state index in [1.165, 1.54) is 17.7 Å². The van der Waals surface area contributed by atoms with Gasteiger partial charge in [0, 0.05) is 5.69 Å². The maximum atomic E-state index is 13.3. The first-order chi connectivity index (χ1) is 7.58. The summed E-state index contributed by atoms with van der Waals surface area (Å²) in [6.07, 6.45) is 0. The lowest BCUT2D eigenvalue weighted by molar-refractivity contribution is 0.629. The molecule has 2 aromatic rings. The summed E-state index contributed by atoms with van der Waals surface area (Å²) in [5, 5.41) is 0. The molecule has 0 bridgehead atoms. The van der Waals surface area contributed by atoms with Crippen LogP contribution in [0, 0.1) is 19.7 Å². The Morgan fingerprint density at radius 1 is 1.06 bits per heavy atom. The molecule has 0 aliphatic rings. The molecule has 2 N–H and O–H groups in total. The molecule has 2 heteroatoms. The third kappa shape index (κ3) is 1.91. The molecule has 82 valence electrons. The zero-order chi connectivity index (χ0) is 11.7. The fraction of sp³-hybridized carbons (Fsp3) is 0.143. The summed E-state index contributed by atoms with van der Waals surface area (Å²) in [4.78, 5) is 0. The highest BCUT2D eigenvalue weighted by Crippen LogP contribution is 2.27. The normalized spacial score (nSPS) is 10.4. The van der Waals surface area contributed by atoms with Gasteiger partial charge in [-0.25, -0.2) is 4.39 Å². The number of halogens is 1. The fourth-order valence-electron chi connectivity index (χ4n) is 1.83. The smallest absolute Gasteiger partial charge is 0.125 e. The second-order valence-electron chi connectivity index (χ2n) is 4.02. The van der Waals surface area contributed by atoms with Gasteiger partial charge in [0.25, 0.3) is 0 Å². The molecule has 0 aliphatic heterocycles. The van der Waals surface area contributed by atoms with Gasteiger partial charge in [-0.3, -0.25) is 0 Å². The average molecular weight is 215 g/mol. The molecule has 0 saturated heterocycles. The summed E-state index contributed by atoms with van der Waals surface area (Å²) in [5.74, 6) is -0.295. The summed E-state index contributed by atoms with van der Waals surface area (Å²) in [7, 11) is 0. The van der Waals surface area contributed by atoms with Crippen LogP contribution < -0.4 is 5.73 Å². The monoisotopic (exact) mass is 215 g/mol. The van der Waals surface area contributed by atoms with Crippen molar-refractivity contribution in [2.24, 2.45) is 0 Å². The molecule has 0 aliphatic carbocycles. The third-order valence-electron chi connectivity index (χ3n) is 2.84. The van der Waals surface area contributed by atoms with Gasteiger partial charge in [-0.1, -0.05) is 18.2 Å². The molecule has 1 nitrogen and oxygen atoms in total. The first-order valence-corrected chi connectivity index (χ1v) is 5.20. The SMILES string of the molecule is Cc1cccc(-c2cc(N)cc(F)c2)c1C. The van der Waals surface area contributed by atoms with E-state index in [4.69, 9.17) is 5.73 Å². The zero-order valence-corrected chi connectivity index (χ0v) is 9.42. The van der Waals surface area contributed by atoms with E-state index in [0.29, 0.717) is 5.69 Å². The number of rotatable bonds is 1. The summed E-state index contributed by atoms with van der Waals surface area (Å²) >= 11 is 0. The largest absolute Gasteiger partial charge is 0.399 e. The lowest BCUT2D eigenvalue weighted by Crippen LogP contribution is -1.91. The second-order valence-corrected chi connectivity index (χ2v) is 4.02. The maximum Gasteiger partial charge on any atom is 0.125 e. The van der Waals surface area contributed by atoms with Gasteiger partial charge >= 0.3 is 0 Å². The van der Waals surface area contributed by atoms with Gasteiger partial charge in [-0.15, -0.1) is 0 Å². The first-order valence-electron chi connectivity index (χ1n) is 5.20. The maximum absolute atomic E-state index is 13.3. The van der Waals surface area contributed by atoms with Gasteiger partial charge in [0.05, 0.1) is 0 Å². The molecule has 0 saturated carbocycles. The van der Waals surface area contributed by atoms with Crippen molar-refractivity contribution in [3.05, 3.63) is 53.3 Å². The molecule has 16 heavy (non-hydrogen) atoms. The Labute approximate surface area is 94.7 Å². The molecular weight excluding hydrogens is 201 g/mol. The highest BCUT2D eigenvalue weighted by Gasteiger charge is 2.05. The van der Waals surface area contributed by atoms with Crippen LogP contribution in [0.25, 0.3) is 11.1 Å². The van der Waals surface area contributed by atoms with Crippen molar-refractivity contribution in [1.29, 1.82) is 0 Å². The van der Waals surface area contributed by atoms with Gasteiger partial charge in [0.15, 0.2) is 0 Å². The lowest BCUT2D eigenvalue weighted by Gasteiger charge is -2.09. The topological polar surface area (TPSA) is 26.0 Å². The van der Waals surface area contributed by atoms with Crippen LogP contribution >= 0.6 is 0 Å². The molecule has 0 aromatic heterocycles. The number of hydrogen-bond donors (Lipinski definition) is 1. The molecule has 0 fully saturated rings. The highest BCUT2D eigenvalue weighted by atomic mass is 19.1. The molecule has 0 heterocycles. The zero-order valence-electron chi connectivity index (χ0n) is 9.42. The number of nitrogen functional groups attached to an aromatic ring is 1. The summed E-state index contributed by atoms with van der Waals surface area (Å²) in [6, 6.07) is 10.6. The van der Waals surface area contributed by atoms with Crippen LogP contribution in [0.15, 0.2) is 36.4 Å². The van der Waals surface area contributed by atoms with E-state index < -0.39 is 0 Å². The molecule has 0 atom stereocenters. The van der Waals surface area contributed by atoms with Gasteiger partial charge in [-0.05, 0) is 54.3 Å². The number of aryl methyl sites for hydroxylation is 1. The number of anilines is 1. The Balaban J connectivity index is 2.63. The minimum atomic E-state index is -0.295. The van der Waals surface area contributed by atoms with Gasteiger partial charge in [0.2, 0.25) is 0 Å². The Morgan fingerprint density at radius 3 is 2.50 bits per heavy atom. The van der Waals surface area contributed by atoms with E-state index >= 15 is 0 Å². The predicted molar refractivity (Wildman–Crippen MR) is 65.7 cm³/mol. The molecule has 0 unspecified atom stereocenters. The van der Waals surface area contributed by atoms with E-state index in [9.17, 15) is 4.39 Å². The molecule has 0 radical (unpaired) electrons. The summed E-state index contributed by atoms with van der Waals surface area (Å²) in [6.45, 7) is 4.08. The number of benzene rings is 2. The number of hydrogen-bond acceptors (Lipinski definition) is 1. The van der Waals surface area contributed by atoms with Crippen molar-refractivity contribution >= 4 is 5.69 Å². The fourth-order valence-corrected chi connectivity index (χ4v) is 1.83. The van der Waals surface area contributed by atoms with Crippen LogP contribution in [-0.4, -0.2) is 0 Å². The Morgan fingerprint density at radius 2 is 1.81 bits per heavy atom. The molecule has 2 rings (SSSR count). The van der Waals surface area contributed by atoms with E-state index in [2.05, 4.69) is 0 Å². The van der Waals surface area contributed by atoms with Crippen LogP contribution in [0.3, 0.4) is 0 Å². The van der Waals surface area contributed by atoms with Crippen LogP contribution in [0.4, 0.5) is 10.1 Å². The summed E-state index contributed by atoms with van der Waals surface area (Å²) in [5.41, 5.74) is 10.3. The van der Waals surface area contributed by atoms with E-state index in [0.717, 1.165) is 16.7 Å². The molecule has 0 spiro atoms. The molecule has 2 aromatic carbocycles. The van der Waals surface area contributed by atoms with Crippen LogP contribution in [0.1, 0.15) is 11.1 Å². The molecule has 0 amide bonds. The average Bonchev–Trinajstić information content (AvgIpc) is 2.20. The van der Waals surface area contributed by atoms with Crippen molar-refractivity contribution in [3.8, 4) is 11.1 Å². The second kappa shape index (κ2) is 3.97. The Bertz CT molecular complexity index is 512. The Kier molecular flexibility index (Phi) is 2.65. The minimum Gasteiger partial charge on any atom is -0.399 e. The van der Waals surface area contributed by atoms with Gasteiger partial charge in [-0.2, -0.15) is 0 Å². The lowest BCUT2D eigenvalue weighted by atomic mass is 9.97. The van der Waals surface area contributed by atoms with Crippen LogP contribution in [0.2, 0.25) is 0 Å². The third-order valence-corrected chi connectivity index (χ3v) is 2.84. The van der Waals surface area contributed by atoms with Crippen molar-refractivity contribution in [3.63, 3.8) is 0 Å². The van der Waals surface area contributed by atoms with Gasteiger partial charge < -0.3 is 5.73 Å². The van der Waals surface area contributed by atoms with E-state index in [1.807, 2.05) is 32.0 Å². The van der Waals surface area contributed by atoms with Crippen LogP contribution in [0.5, 0.6) is 0 Å². The van der Waals surface area contributed by atoms with Crippen LogP contribution in [-0.2, 0) is 0 Å². The van der Waals surface area contributed by atoms with E-state index in [1.54, 1.807) is 6.07 Å². The quantitative estimate of drug-likeness (QED) is 0.721. The first kappa shape index (κ1) is 10.7. The van der Waals surface area contributed by atoms with E-state index in [-0.39, 0.29) is 5.82 Å². The van der Waals surface area contributed by atoms with Crippen molar-refractivity contribution in [2.45, 2.75) is 13.8 Å². The van der Waals surface area contributed by atoms with Crippen molar-refractivity contribution in [1.82, 2.24) is 0 Å². The highest BCUT2D eigenvalue weighted by molar-refractivity contribution is 5.71. The minimum absolute atomic E-state index is 0.295. The number of nitrogens with two attached hydrogens (primary N) is 1. The van der Waals surface area contributed by atoms with Crippen molar-refractivity contribution < 1.29 is 4.39 Å². The van der Waals surface area contributed by atoms with Gasteiger partial charge in [0.1, 0.15) is 5.82 Å². The summed E-state index contributed by atoms with van der Waals surface area (Å²) < 4.78 is 13.3. The Hall–Kier alpha value is -1.83.